The van der Waals surface area contributed by atoms with Crippen molar-refractivity contribution in [1.29, 1.82) is 0 Å². The maximum Gasteiger partial charge on any atom is 0.187 e. The highest BCUT2D eigenvalue weighted by atomic mass is 32.2. The Balaban J connectivity index is 2.13. The van der Waals surface area contributed by atoms with E-state index in [4.69, 9.17) is 10.7 Å². The van der Waals surface area contributed by atoms with Crippen LogP contribution in [0.15, 0.2) is 47.9 Å². The number of nitrogens with zero attached hydrogens (tertiary/aromatic N) is 3. The number of hydrogen-bond donors (Lipinski definition) is 1. The number of hydrogen-bond acceptors (Lipinski definition) is 5. The van der Waals surface area contributed by atoms with Crippen molar-refractivity contribution >= 4 is 11.8 Å². The second-order valence-corrected chi connectivity index (χ2v) is 9.55. The van der Waals surface area contributed by atoms with Gasteiger partial charge in [0, 0.05) is 36.1 Å². The predicted molar refractivity (Wildman–Crippen MR) is 122 cm³/mol. The topological polar surface area (TPSA) is 64.7 Å². The second kappa shape index (κ2) is 9.06. The largest absolute Gasteiger partial charge is 0.326 e. The van der Waals surface area contributed by atoms with Crippen LogP contribution in [0.2, 0.25) is 0 Å². The molecular formula is C24H30N4S. The lowest BCUT2D eigenvalue weighted by molar-refractivity contribution is 0.404. The van der Waals surface area contributed by atoms with Gasteiger partial charge in [0.1, 0.15) is 0 Å². The average Bonchev–Trinajstić information content (AvgIpc) is 2.67. The molecule has 0 radical (unpaired) electrons. The van der Waals surface area contributed by atoms with Crippen molar-refractivity contribution < 1.29 is 0 Å². The fourth-order valence-electron chi connectivity index (χ4n) is 3.46. The highest BCUT2D eigenvalue weighted by molar-refractivity contribution is 7.98. The Morgan fingerprint density at radius 3 is 2.21 bits per heavy atom. The first-order valence-electron chi connectivity index (χ1n) is 9.96. The third kappa shape index (κ3) is 5.43. The molecule has 2 aromatic heterocycles. The molecule has 0 aliphatic carbocycles. The molecule has 2 heterocycles. The van der Waals surface area contributed by atoms with Gasteiger partial charge in [-0.25, -0.2) is 9.97 Å². The molecule has 2 N–H and O–H groups in total. The highest BCUT2D eigenvalue weighted by Crippen LogP contribution is 2.36. The quantitative estimate of drug-likeness (QED) is 0.433. The van der Waals surface area contributed by atoms with Crippen molar-refractivity contribution in [3.8, 4) is 11.1 Å². The Labute approximate surface area is 178 Å². The molecule has 3 rings (SSSR count). The minimum Gasteiger partial charge on any atom is -0.326 e. The van der Waals surface area contributed by atoms with Crippen LogP contribution in [0, 0.1) is 19.3 Å². The number of aromatic nitrogens is 3. The average molecular weight is 407 g/mol. The molecule has 1 aromatic carbocycles. The van der Waals surface area contributed by atoms with E-state index in [0.29, 0.717) is 6.54 Å². The van der Waals surface area contributed by atoms with Gasteiger partial charge in [0.15, 0.2) is 5.16 Å². The molecule has 152 valence electrons. The van der Waals surface area contributed by atoms with Crippen molar-refractivity contribution in [2.75, 3.05) is 0 Å². The van der Waals surface area contributed by atoms with Gasteiger partial charge in [-0.1, -0.05) is 62.4 Å². The smallest absolute Gasteiger partial charge is 0.187 e. The van der Waals surface area contributed by atoms with Crippen LogP contribution >= 0.6 is 11.8 Å². The van der Waals surface area contributed by atoms with Gasteiger partial charge in [0.05, 0.1) is 0 Å². The number of benzene rings is 1. The third-order valence-corrected chi connectivity index (χ3v) is 5.72. The first-order chi connectivity index (χ1) is 13.8. The maximum absolute atomic E-state index is 6.29. The van der Waals surface area contributed by atoms with E-state index in [1.165, 1.54) is 22.3 Å². The van der Waals surface area contributed by atoms with Gasteiger partial charge >= 0.3 is 0 Å². The van der Waals surface area contributed by atoms with Crippen LogP contribution in [0.5, 0.6) is 0 Å². The number of thioether (sulfide) groups is 1. The van der Waals surface area contributed by atoms with E-state index in [0.717, 1.165) is 34.3 Å². The van der Waals surface area contributed by atoms with Crippen LogP contribution in [0.1, 0.15) is 48.8 Å². The molecule has 0 saturated carbocycles. The zero-order valence-electron chi connectivity index (χ0n) is 18.0. The van der Waals surface area contributed by atoms with E-state index >= 15 is 0 Å². The monoisotopic (exact) mass is 406 g/mol. The Bertz CT molecular complexity index is 961. The van der Waals surface area contributed by atoms with Crippen molar-refractivity contribution in [3.05, 3.63) is 70.8 Å². The van der Waals surface area contributed by atoms with Gasteiger partial charge < -0.3 is 5.73 Å². The van der Waals surface area contributed by atoms with Gasteiger partial charge in [-0.3, -0.25) is 4.98 Å². The molecule has 0 aliphatic rings. The SMILES string of the molecule is Cc1ccc(-c2c(CSc3ncccn3)c(C)nc(CC(C)(C)C)c2CN)cc1. The van der Waals surface area contributed by atoms with Crippen molar-refractivity contribution in [3.63, 3.8) is 0 Å². The van der Waals surface area contributed by atoms with Crippen LogP contribution in [-0.4, -0.2) is 15.0 Å². The number of aryl methyl sites for hydroxylation is 2. The summed E-state index contributed by atoms with van der Waals surface area (Å²) >= 11 is 1.63. The number of pyridine rings is 1. The lowest BCUT2D eigenvalue weighted by atomic mass is 9.85. The van der Waals surface area contributed by atoms with Gasteiger partial charge in [-0.05, 0) is 54.0 Å². The Morgan fingerprint density at radius 1 is 0.966 bits per heavy atom. The van der Waals surface area contributed by atoms with Crippen molar-refractivity contribution in [1.82, 2.24) is 15.0 Å². The highest BCUT2D eigenvalue weighted by Gasteiger charge is 2.22. The van der Waals surface area contributed by atoms with Gasteiger partial charge in [0.25, 0.3) is 0 Å². The predicted octanol–water partition coefficient (Wildman–Crippen LogP) is 5.50. The second-order valence-electron chi connectivity index (χ2n) is 8.60. The molecule has 3 aromatic rings. The molecule has 0 amide bonds. The molecule has 0 atom stereocenters. The zero-order valence-corrected chi connectivity index (χ0v) is 18.8. The molecular weight excluding hydrogens is 376 g/mol. The minimum absolute atomic E-state index is 0.141. The number of rotatable bonds is 6. The Morgan fingerprint density at radius 2 is 1.62 bits per heavy atom. The summed E-state index contributed by atoms with van der Waals surface area (Å²) in [5.74, 6) is 0.759. The first-order valence-corrected chi connectivity index (χ1v) is 10.9. The van der Waals surface area contributed by atoms with E-state index in [9.17, 15) is 0 Å². The maximum atomic E-state index is 6.29. The lowest BCUT2D eigenvalue weighted by Crippen LogP contribution is -2.17. The van der Waals surface area contributed by atoms with E-state index in [1.807, 2.05) is 6.07 Å². The van der Waals surface area contributed by atoms with Crippen LogP contribution in [0.25, 0.3) is 11.1 Å². The third-order valence-electron chi connectivity index (χ3n) is 4.82. The summed E-state index contributed by atoms with van der Waals surface area (Å²) in [5.41, 5.74) is 14.6. The molecule has 0 fully saturated rings. The van der Waals surface area contributed by atoms with E-state index in [1.54, 1.807) is 24.2 Å². The summed E-state index contributed by atoms with van der Waals surface area (Å²) in [6.45, 7) is 11.4. The fourth-order valence-corrected chi connectivity index (χ4v) is 4.35. The molecule has 29 heavy (non-hydrogen) atoms. The summed E-state index contributed by atoms with van der Waals surface area (Å²) in [4.78, 5) is 13.7. The molecule has 5 heteroatoms. The van der Waals surface area contributed by atoms with Gasteiger partial charge in [0.2, 0.25) is 0 Å². The normalized spacial score (nSPS) is 11.7. The Hall–Kier alpha value is -2.24. The van der Waals surface area contributed by atoms with E-state index in [2.05, 4.69) is 68.9 Å². The van der Waals surface area contributed by atoms with Crippen LogP contribution < -0.4 is 5.73 Å². The van der Waals surface area contributed by atoms with E-state index < -0.39 is 0 Å². The van der Waals surface area contributed by atoms with Crippen LogP contribution in [-0.2, 0) is 18.7 Å². The molecule has 4 nitrogen and oxygen atoms in total. The lowest BCUT2D eigenvalue weighted by Gasteiger charge is -2.24. The Kier molecular flexibility index (Phi) is 6.70. The van der Waals surface area contributed by atoms with Crippen molar-refractivity contribution in [2.24, 2.45) is 11.1 Å². The van der Waals surface area contributed by atoms with Gasteiger partial charge in [-0.15, -0.1) is 0 Å². The molecule has 0 bridgehead atoms. The minimum atomic E-state index is 0.141. The zero-order chi connectivity index (χ0) is 21.0. The summed E-state index contributed by atoms with van der Waals surface area (Å²) in [6.07, 6.45) is 4.45. The summed E-state index contributed by atoms with van der Waals surface area (Å²) in [5, 5.41) is 0.773. The molecule has 0 spiro atoms. The van der Waals surface area contributed by atoms with Crippen LogP contribution in [0.3, 0.4) is 0 Å². The fraction of sp³-hybridized carbons (Fsp3) is 0.375. The molecule has 0 saturated heterocycles. The summed E-state index contributed by atoms with van der Waals surface area (Å²) in [7, 11) is 0. The summed E-state index contributed by atoms with van der Waals surface area (Å²) in [6, 6.07) is 10.5. The summed E-state index contributed by atoms with van der Waals surface area (Å²) < 4.78 is 0. The van der Waals surface area contributed by atoms with Gasteiger partial charge in [-0.2, -0.15) is 0 Å². The first kappa shape index (κ1) is 21.5. The molecule has 0 aliphatic heterocycles. The van der Waals surface area contributed by atoms with E-state index in [-0.39, 0.29) is 5.41 Å². The number of nitrogens with two attached hydrogens (primary N) is 1. The van der Waals surface area contributed by atoms with Crippen LogP contribution in [0.4, 0.5) is 0 Å². The standard InChI is InChI=1S/C24H30N4S/c1-16-7-9-18(10-8-16)22-19(14-25)21(13-24(3,4)5)28-17(2)20(22)15-29-23-26-11-6-12-27-23/h6-12H,13-15,25H2,1-5H3. The van der Waals surface area contributed by atoms with Crippen molar-refractivity contribution in [2.45, 2.75) is 58.5 Å². The molecule has 0 unspecified atom stereocenters.